The third-order valence-corrected chi connectivity index (χ3v) is 5.27. The molecule has 2 rings (SSSR count). The van der Waals surface area contributed by atoms with E-state index in [9.17, 15) is 0 Å². The first kappa shape index (κ1) is 15.3. The van der Waals surface area contributed by atoms with Crippen LogP contribution >= 0.6 is 27.7 Å². The highest BCUT2D eigenvalue weighted by Crippen LogP contribution is 2.30. The Morgan fingerprint density at radius 2 is 2.21 bits per heavy atom. The van der Waals surface area contributed by atoms with Gasteiger partial charge in [-0.3, -0.25) is 0 Å². The highest BCUT2D eigenvalue weighted by Gasteiger charge is 2.24. The number of hydrogen-bond donors (Lipinski definition) is 1. The summed E-state index contributed by atoms with van der Waals surface area (Å²) in [6.45, 7) is 3.37. The molecule has 1 heterocycles. The molecule has 0 radical (unpaired) electrons. The molecule has 0 aliphatic heterocycles. The van der Waals surface area contributed by atoms with Gasteiger partial charge >= 0.3 is 0 Å². The van der Waals surface area contributed by atoms with Gasteiger partial charge in [-0.2, -0.15) is 0 Å². The number of aromatic nitrogens is 1. The minimum absolute atomic E-state index is 0.651. The van der Waals surface area contributed by atoms with E-state index in [1.807, 2.05) is 18.0 Å². The molecule has 19 heavy (non-hydrogen) atoms. The van der Waals surface area contributed by atoms with Gasteiger partial charge in [0.2, 0.25) is 0 Å². The molecule has 1 unspecified atom stereocenters. The van der Waals surface area contributed by atoms with Crippen LogP contribution in [0, 0.1) is 5.92 Å². The quantitative estimate of drug-likeness (QED) is 0.738. The van der Waals surface area contributed by atoms with Crippen LogP contribution in [-0.2, 0) is 0 Å². The summed E-state index contributed by atoms with van der Waals surface area (Å²) in [6, 6.07) is 4.82. The van der Waals surface area contributed by atoms with E-state index in [1.54, 1.807) is 0 Å². The highest BCUT2D eigenvalue weighted by atomic mass is 79.9. The smallest absolute Gasteiger partial charge is 0.0961 e. The molecular formula is C15H23BrN2S. The molecule has 0 saturated heterocycles. The lowest BCUT2D eigenvalue weighted by molar-refractivity contribution is 0.388. The topological polar surface area (TPSA) is 24.9 Å². The number of halogens is 1. The van der Waals surface area contributed by atoms with Crippen LogP contribution in [0.2, 0.25) is 0 Å². The Hall–Kier alpha value is -0.0600. The monoisotopic (exact) mass is 342 g/mol. The van der Waals surface area contributed by atoms with Gasteiger partial charge in [0.05, 0.1) is 5.03 Å². The van der Waals surface area contributed by atoms with E-state index in [2.05, 4.69) is 45.3 Å². The summed E-state index contributed by atoms with van der Waals surface area (Å²) in [5, 5.41) is 4.86. The zero-order valence-electron chi connectivity index (χ0n) is 11.6. The van der Waals surface area contributed by atoms with Crippen molar-refractivity contribution in [2.45, 2.75) is 50.1 Å². The molecule has 0 bridgehead atoms. The molecule has 106 valence electrons. The largest absolute Gasteiger partial charge is 0.313 e. The van der Waals surface area contributed by atoms with E-state index in [-0.39, 0.29) is 0 Å². The Bertz CT molecular complexity index is 363. The second-order valence-corrected chi connectivity index (χ2v) is 7.19. The second kappa shape index (κ2) is 8.28. The molecule has 1 aliphatic carbocycles. The molecule has 0 spiro atoms. The summed E-state index contributed by atoms with van der Waals surface area (Å²) in [6.07, 6.45) is 8.72. The molecule has 1 atom stereocenters. The molecule has 0 amide bonds. The Labute approximate surface area is 129 Å². The van der Waals surface area contributed by atoms with E-state index in [0.29, 0.717) is 6.04 Å². The summed E-state index contributed by atoms with van der Waals surface area (Å²) < 4.78 is 1.05. The fourth-order valence-electron chi connectivity index (χ4n) is 2.67. The molecule has 1 aliphatic rings. The van der Waals surface area contributed by atoms with Gasteiger partial charge in [-0.1, -0.05) is 19.8 Å². The summed E-state index contributed by atoms with van der Waals surface area (Å²) in [4.78, 5) is 4.45. The van der Waals surface area contributed by atoms with E-state index in [1.165, 1.54) is 32.1 Å². The lowest BCUT2D eigenvalue weighted by atomic mass is 10.00. The van der Waals surface area contributed by atoms with Gasteiger partial charge in [0, 0.05) is 22.5 Å². The number of thioether (sulfide) groups is 1. The maximum atomic E-state index is 4.45. The normalized spacial score (nSPS) is 17.8. The first-order valence-corrected chi connectivity index (χ1v) is 9.05. The van der Waals surface area contributed by atoms with Crippen LogP contribution in [-0.4, -0.2) is 23.3 Å². The average molecular weight is 343 g/mol. The van der Waals surface area contributed by atoms with Crippen molar-refractivity contribution in [3.8, 4) is 0 Å². The molecule has 1 aromatic rings. The predicted octanol–water partition coefficient (Wildman–Crippen LogP) is 4.49. The Morgan fingerprint density at radius 3 is 2.84 bits per heavy atom. The van der Waals surface area contributed by atoms with Crippen LogP contribution in [0.1, 0.15) is 39.0 Å². The van der Waals surface area contributed by atoms with Crippen LogP contribution in [0.15, 0.2) is 27.8 Å². The molecule has 1 saturated carbocycles. The lowest BCUT2D eigenvalue weighted by Crippen LogP contribution is -2.37. The van der Waals surface area contributed by atoms with Crippen LogP contribution in [0.4, 0.5) is 0 Å². The summed E-state index contributed by atoms with van der Waals surface area (Å²) in [5.74, 6) is 2.01. The Kier molecular flexibility index (Phi) is 6.68. The molecule has 1 fully saturated rings. The van der Waals surface area contributed by atoms with Gasteiger partial charge in [0.15, 0.2) is 0 Å². The maximum absolute atomic E-state index is 4.45. The minimum Gasteiger partial charge on any atom is -0.313 e. The first-order valence-electron chi connectivity index (χ1n) is 7.27. The lowest BCUT2D eigenvalue weighted by Gasteiger charge is -2.24. The molecule has 1 N–H and O–H groups in total. The zero-order chi connectivity index (χ0) is 13.5. The number of rotatable bonds is 7. The van der Waals surface area contributed by atoms with Gasteiger partial charge in [-0.15, -0.1) is 11.8 Å². The van der Waals surface area contributed by atoms with Crippen LogP contribution in [0.5, 0.6) is 0 Å². The van der Waals surface area contributed by atoms with Crippen molar-refractivity contribution >= 4 is 27.7 Å². The number of hydrogen-bond acceptors (Lipinski definition) is 3. The van der Waals surface area contributed by atoms with Crippen molar-refractivity contribution in [1.29, 1.82) is 0 Å². The Balaban J connectivity index is 1.86. The first-order chi connectivity index (χ1) is 9.29. The molecule has 0 aromatic carbocycles. The third kappa shape index (κ3) is 5.09. The van der Waals surface area contributed by atoms with Gasteiger partial charge in [-0.25, -0.2) is 4.98 Å². The molecule has 4 heteroatoms. The van der Waals surface area contributed by atoms with Crippen molar-refractivity contribution in [3.63, 3.8) is 0 Å². The fraction of sp³-hybridized carbons (Fsp3) is 0.667. The van der Waals surface area contributed by atoms with Gasteiger partial charge in [0.1, 0.15) is 0 Å². The minimum atomic E-state index is 0.651. The van der Waals surface area contributed by atoms with Crippen molar-refractivity contribution < 1.29 is 0 Å². The summed E-state index contributed by atoms with van der Waals surface area (Å²) >= 11 is 5.31. The van der Waals surface area contributed by atoms with Crippen LogP contribution < -0.4 is 5.32 Å². The van der Waals surface area contributed by atoms with Gasteiger partial charge < -0.3 is 5.32 Å². The van der Waals surface area contributed by atoms with Gasteiger partial charge in [-0.05, 0) is 59.8 Å². The number of nitrogens with one attached hydrogen (secondary N) is 1. The fourth-order valence-corrected chi connectivity index (χ4v) is 3.94. The van der Waals surface area contributed by atoms with Crippen LogP contribution in [0.3, 0.4) is 0 Å². The second-order valence-electron chi connectivity index (χ2n) is 5.23. The zero-order valence-corrected chi connectivity index (χ0v) is 14.0. The third-order valence-electron chi connectivity index (χ3n) is 3.74. The highest BCUT2D eigenvalue weighted by molar-refractivity contribution is 9.10. The predicted molar refractivity (Wildman–Crippen MR) is 86.7 cm³/mol. The summed E-state index contributed by atoms with van der Waals surface area (Å²) in [7, 11) is 0. The average Bonchev–Trinajstić information content (AvgIpc) is 2.95. The molecule has 2 nitrogen and oxygen atoms in total. The SMILES string of the molecule is CCCNC(CSc1ccc(Br)cn1)C1CCCC1. The standard InChI is InChI=1S/C15H23BrN2S/c1-2-9-17-14(12-5-3-4-6-12)11-19-15-8-7-13(16)10-18-15/h7-8,10,12,14,17H,2-6,9,11H2,1H3. The summed E-state index contributed by atoms with van der Waals surface area (Å²) in [5.41, 5.74) is 0. The molecule has 1 aromatic heterocycles. The van der Waals surface area contributed by atoms with Gasteiger partial charge in [0.25, 0.3) is 0 Å². The van der Waals surface area contributed by atoms with Crippen molar-refractivity contribution in [3.05, 3.63) is 22.8 Å². The number of nitrogens with zero attached hydrogens (tertiary/aromatic N) is 1. The van der Waals surface area contributed by atoms with E-state index in [0.717, 1.165) is 27.7 Å². The van der Waals surface area contributed by atoms with Crippen LogP contribution in [0.25, 0.3) is 0 Å². The molecular weight excluding hydrogens is 320 g/mol. The van der Waals surface area contributed by atoms with E-state index in [4.69, 9.17) is 0 Å². The Morgan fingerprint density at radius 1 is 1.42 bits per heavy atom. The maximum Gasteiger partial charge on any atom is 0.0961 e. The number of pyridine rings is 1. The van der Waals surface area contributed by atoms with E-state index < -0.39 is 0 Å². The van der Waals surface area contributed by atoms with Crippen molar-refractivity contribution in [1.82, 2.24) is 10.3 Å². The van der Waals surface area contributed by atoms with Crippen molar-refractivity contribution in [2.24, 2.45) is 5.92 Å². The van der Waals surface area contributed by atoms with E-state index >= 15 is 0 Å². The van der Waals surface area contributed by atoms with Crippen molar-refractivity contribution in [2.75, 3.05) is 12.3 Å².